The molecule has 0 radical (unpaired) electrons. The minimum Gasteiger partial charge on any atom is -0.508 e. The smallest absolute Gasteiger partial charge is 0.330 e. The fourth-order valence-corrected chi connectivity index (χ4v) is 6.24. The topological polar surface area (TPSA) is 264 Å². The number of esters is 1. The molecule has 6 rings (SSSR count). The van der Waals surface area contributed by atoms with E-state index in [-0.39, 0.29) is 45.8 Å². The van der Waals surface area contributed by atoms with Gasteiger partial charge < -0.3 is 79.1 Å². The maximum atomic E-state index is 12.5. The van der Waals surface area contributed by atoms with Gasteiger partial charge in [-0.05, 0) is 42.0 Å². The predicted molar refractivity (Wildman–Crippen MR) is 188 cm³/mol. The van der Waals surface area contributed by atoms with Crippen LogP contribution in [0.15, 0.2) is 66.4 Å². The number of hydrogen-bond acceptors (Lipinski definition) is 17. The second-order valence-corrected chi connectivity index (χ2v) is 13.2. The molecule has 11 atom stereocenters. The number of aliphatic hydroxyl groups excluding tert-OH is 6. The van der Waals surface area contributed by atoms with Gasteiger partial charge in [0.05, 0.1) is 25.4 Å². The molecule has 0 bridgehead atoms. The number of aliphatic hydroxyl groups is 6. The quantitative estimate of drug-likeness (QED) is 0.0965. The molecule has 3 aliphatic heterocycles. The lowest BCUT2D eigenvalue weighted by Crippen LogP contribution is -2.59. The number of benzene rings is 3. The van der Waals surface area contributed by atoms with Crippen LogP contribution in [0.2, 0.25) is 0 Å². The number of hydrogen-bond donors (Lipinski definition) is 9. The van der Waals surface area contributed by atoms with Gasteiger partial charge in [0.2, 0.25) is 12.6 Å². The average molecular weight is 771 g/mol. The van der Waals surface area contributed by atoms with Gasteiger partial charge in [-0.3, -0.25) is 0 Å². The van der Waals surface area contributed by atoms with E-state index in [1.54, 1.807) is 19.1 Å². The van der Waals surface area contributed by atoms with Crippen LogP contribution >= 0.6 is 0 Å². The highest BCUT2D eigenvalue weighted by molar-refractivity contribution is 5.87. The Bertz CT molecular complexity index is 1880. The van der Waals surface area contributed by atoms with E-state index in [0.717, 1.165) is 6.08 Å². The molecule has 0 spiro atoms. The number of aromatic hydroxyl groups is 3. The van der Waals surface area contributed by atoms with Crippen molar-refractivity contribution in [1.82, 2.24) is 0 Å². The first-order valence-corrected chi connectivity index (χ1v) is 17.2. The Morgan fingerprint density at radius 3 is 2.20 bits per heavy atom. The molecule has 0 amide bonds. The molecule has 2 saturated heterocycles. The first-order chi connectivity index (χ1) is 26.3. The highest BCUT2D eigenvalue weighted by Gasteiger charge is 2.47. The summed E-state index contributed by atoms with van der Waals surface area (Å²) in [7, 11) is 1.34. The third-order valence-corrected chi connectivity index (χ3v) is 9.43. The van der Waals surface area contributed by atoms with Gasteiger partial charge in [0.1, 0.15) is 72.0 Å². The number of carbonyl (C=O) groups excluding carboxylic acids is 1. The standard InChI is InChI=1S/C38H42O17/c1-17-31(44)32(45)28(15-39)54-37(17)52-25-13-21(41)12-24-22(25)14-27(36(51-24)19-6-9-23(42)26(11-19)49-2)53-38-35(48)34(47)33(46)29(55-38)16-50-30(43)10-5-18-3-7-20(40)8-4-18/h3-14,17,28-29,31-42,44-48H,15-16H2,1-2H3. The second kappa shape index (κ2) is 16.7. The number of carbonyl (C=O) groups is 1. The zero-order valence-corrected chi connectivity index (χ0v) is 29.5. The maximum absolute atomic E-state index is 12.5. The van der Waals surface area contributed by atoms with Crippen LogP contribution in [-0.4, -0.2) is 128 Å². The van der Waals surface area contributed by atoms with Gasteiger partial charge >= 0.3 is 5.97 Å². The van der Waals surface area contributed by atoms with Crippen molar-refractivity contribution in [3.63, 3.8) is 0 Å². The fourth-order valence-electron chi connectivity index (χ4n) is 6.24. The van der Waals surface area contributed by atoms with Crippen LogP contribution in [0.5, 0.6) is 34.5 Å². The molecule has 0 saturated carbocycles. The van der Waals surface area contributed by atoms with Gasteiger partial charge in [0.25, 0.3) is 0 Å². The van der Waals surface area contributed by atoms with Crippen LogP contribution in [-0.2, 0) is 23.7 Å². The van der Waals surface area contributed by atoms with E-state index in [9.17, 15) is 50.8 Å². The lowest BCUT2D eigenvalue weighted by atomic mass is 9.92. The van der Waals surface area contributed by atoms with E-state index in [2.05, 4.69) is 0 Å². The molecule has 17 nitrogen and oxygen atoms in total. The molecule has 3 aliphatic rings. The lowest BCUT2D eigenvalue weighted by Gasteiger charge is -2.41. The number of phenols is 3. The molecule has 296 valence electrons. The van der Waals surface area contributed by atoms with E-state index in [4.69, 9.17) is 33.2 Å². The highest BCUT2D eigenvalue weighted by atomic mass is 16.7. The Morgan fingerprint density at radius 2 is 1.49 bits per heavy atom. The Balaban J connectivity index is 1.29. The Kier molecular flexibility index (Phi) is 12.0. The Morgan fingerprint density at radius 1 is 0.782 bits per heavy atom. The predicted octanol–water partition coefficient (Wildman–Crippen LogP) is 0.821. The summed E-state index contributed by atoms with van der Waals surface area (Å²) in [5.74, 6) is -2.04. The van der Waals surface area contributed by atoms with E-state index < -0.39 is 86.5 Å². The monoisotopic (exact) mass is 770 g/mol. The molecule has 2 fully saturated rings. The van der Waals surface area contributed by atoms with Gasteiger partial charge in [-0.25, -0.2) is 4.79 Å². The molecule has 0 aromatic heterocycles. The molecule has 11 unspecified atom stereocenters. The van der Waals surface area contributed by atoms with Gasteiger partial charge in [0, 0.05) is 29.7 Å². The van der Waals surface area contributed by atoms with Gasteiger partial charge in [-0.15, -0.1) is 0 Å². The van der Waals surface area contributed by atoms with Crippen molar-refractivity contribution in [2.24, 2.45) is 5.92 Å². The van der Waals surface area contributed by atoms with Crippen molar-refractivity contribution in [1.29, 1.82) is 0 Å². The molecule has 0 aliphatic carbocycles. The third-order valence-electron chi connectivity index (χ3n) is 9.43. The van der Waals surface area contributed by atoms with Crippen molar-refractivity contribution in [3.8, 4) is 34.5 Å². The van der Waals surface area contributed by atoms with Crippen molar-refractivity contribution >= 4 is 18.1 Å². The number of fused-ring (bicyclic) bond motifs is 1. The second-order valence-electron chi connectivity index (χ2n) is 13.2. The first-order valence-electron chi connectivity index (χ1n) is 17.2. The minimum atomic E-state index is -1.84. The Hall–Kier alpha value is -5.11. The van der Waals surface area contributed by atoms with E-state index >= 15 is 0 Å². The van der Waals surface area contributed by atoms with Gasteiger partial charge in [-0.1, -0.05) is 25.1 Å². The largest absolute Gasteiger partial charge is 0.508 e. The van der Waals surface area contributed by atoms with Gasteiger partial charge in [0.15, 0.2) is 17.6 Å². The van der Waals surface area contributed by atoms with Crippen LogP contribution in [0.25, 0.3) is 12.2 Å². The van der Waals surface area contributed by atoms with Crippen molar-refractivity contribution in [2.45, 2.75) is 68.3 Å². The van der Waals surface area contributed by atoms with Crippen molar-refractivity contribution < 1.29 is 83.9 Å². The lowest BCUT2D eigenvalue weighted by molar-refractivity contribution is -0.294. The van der Waals surface area contributed by atoms with Crippen molar-refractivity contribution in [3.05, 3.63) is 83.1 Å². The zero-order chi connectivity index (χ0) is 39.6. The summed E-state index contributed by atoms with van der Waals surface area (Å²) in [5.41, 5.74) is 1.11. The maximum Gasteiger partial charge on any atom is 0.330 e. The number of rotatable bonds is 11. The molecule has 3 heterocycles. The van der Waals surface area contributed by atoms with Crippen LogP contribution in [0.4, 0.5) is 0 Å². The molecular formula is C38H42O17. The normalized spacial score (nSPS) is 30.5. The summed E-state index contributed by atoms with van der Waals surface area (Å²) in [6.45, 7) is 0.368. The third kappa shape index (κ3) is 8.59. The van der Waals surface area contributed by atoms with E-state index in [0.29, 0.717) is 11.1 Å². The molecule has 3 aromatic rings. The fraction of sp³-hybridized carbons (Fsp3) is 0.395. The summed E-state index contributed by atoms with van der Waals surface area (Å²) in [6.07, 6.45) is -10.8. The molecular weight excluding hydrogens is 728 g/mol. The van der Waals surface area contributed by atoms with Gasteiger partial charge in [-0.2, -0.15) is 0 Å². The minimum absolute atomic E-state index is 0.0410. The van der Waals surface area contributed by atoms with Crippen LogP contribution in [0.1, 0.15) is 29.7 Å². The molecule has 9 N–H and O–H groups in total. The molecule has 3 aromatic carbocycles. The summed E-state index contributed by atoms with van der Waals surface area (Å²) in [4.78, 5) is 12.5. The van der Waals surface area contributed by atoms with Crippen LogP contribution < -0.4 is 14.2 Å². The first kappa shape index (κ1) is 39.6. The molecule has 55 heavy (non-hydrogen) atoms. The van der Waals surface area contributed by atoms with Crippen LogP contribution in [0.3, 0.4) is 0 Å². The van der Waals surface area contributed by atoms with Crippen LogP contribution in [0, 0.1) is 5.92 Å². The van der Waals surface area contributed by atoms with E-state index in [1.807, 2.05) is 0 Å². The summed E-state index contributed by atoms with van der Waals surface area (Å²) in [6, 6.07) is 12.8. The zero-order valence-electron chi connectivity index (χ0n) is 29.5. The highest BCUT2D eigenvalue weighted by Crippen LogP contribution is 2.46. The van der Waals surface area contributed by atoms with E-state index in [1.165, 1.54) is 61.7 Å². The summed E-state index contributed by atoms with van der Waals surface area (Å²) < 4.78 is 40.6. The SMILES string of the molecule is COc1cc(C2Oc3cc(O)cc(OC4OC(CO)C(O)C(O)C4C)c3C=C2OC2OC(COC(=O)C=Cc3ccc(O)cc3)C(O)C(O)C2O)ccc1O. The summed E-state index contributed by atoms with van der Waals surface area (Å²) >= 11 is 0. The Labute approximate surface area is 314 Å². The van der Waals surface area contributed by atoms with Crippen molar-refractivity contribution in [2.75, 3.05) is 20.3 Å². The number of methoxy groups -OCH3 is 1. The number of phenolic OH excluding ortho intramolecular Hbond substituents is 3. The number of ether oxygens (including phenoxy) is 7. The molecule has 17 heteroatoms. The summed E-state index contributed by atoms with van der Waals surface area (Å²) in [5, 5.41) is 93.6. The average Bonchev–Trinajstić information content (AvgIpc) is 3.17.